The van der Waals surface area contributed by atoms with E-state index in [1.165, 1.54) is 12.8 Å². The van der Waals surface area contributed by atoms with Crippen LogP contribution in [0.4, 0.5) is 0 Å². The Morgan fingerprint density at radius 2 is 1.33 bits per heavy atom. The first kappa shape index (κ1) is 15.0. The normalized spacial score (nSPS) is 11.9. The fraction of sp³-hybridized carbons (Fsp3) is 1.00. The second kappa shape index (κ2) is 9.23. The van der Waals surface area contributed by atoms with E-state index >= 15 is 0 Å². The Morgan fingerprint density at radius 3 is 1.67 bits per heavy atom. The lowest BCUT2D eigenvalue weighted by Gasteiger charge is -2.30. The van der Waals surface area contributed by atoms with E-state index in [9.17, 15) is 0 Å². The minimum absolute atomic E-state index is 0.348. The highest BCUT2D eigenvalue weighted by atomic mass is 16.7. The minimum Gasteiger partial charge on any atom is -0.359 e. The van der Waals surface area contributed by atoms with Gasteiger partial charge in [0.15, 0.2) is 7.85 Å². The van der Waals surface area contributed by atoms with Crippen molar-refractivity contribution < 1.29 is 9.47 Å². The number of unbranched alkanes of at least 4 members (excludes halogenated alkanes) is 2. The summed E-state index contributed by atoms with van der Waals surface area (Å²) >= 11 is 0. The topological polar surface area (TPSA) is 18.5 Å². The van der Waals surface area contributed by atoms with Gasteiger partial charge in [-0.3, -0.25) is 0 Å². The molecule has 0 aromatic rings. The zero-order chi connectivity index (χ0) is 11.6. The molecule has 0 amide bonds. The monoisotopic (exact) mass is 214 g/mol. The molecule has 0 fully saturated rings. The maximum atomic E-state index is 5.83. The van der Waals surface area contributed by atoms with Crippen LogP contribution < -0.4 is 0 Å². The van der Waals surface area contributed by atoms with Gasteiger partial charge in [0.25, 0.3) is 0 Å². The van der Waals surface area contributed by atoms with E-state index in [0.29, 0.717) is 0 Å². The summed E-state index contributed by atoms with van der Waals surface area (Å²) in [5.74, 6) is 0. The van der Waals surface area contributed by atoms with Crippen LogP contribution in [-0.4, -0.2) is 26.7 Å². The molecule has 0 spiro atoms. The van der Waals surface area contributed by atoms with E-state index < -0.39 is 0 Å². The van der Waals surface area contributed by atoms with Crippen LogP contribution in [0.1, 0.15) is 59.3 Å². The summed E-state index contributed by atoms with van der Waals surface area (Å²) in [7, 11) is 2.07. The predicted molar refractivity (Wildman–Crippen MR) is 67.9 cm³/mol. The zero-order valence-corrected chi connectivity index (χ0v) is 11.0. The molecular weight excluding hydrogens is 187 g/mol. The van der Waals surface area contributed by atoms with Gasteiger partial charge in [0, 0.05) is 13.2 Å². The van der Waals surface area contributed by atoms with Crippen molar-refractivity contribution in [2.24, 2.45) is 0 Å². The van der Waals surface area contributed by atoms with Crippen LogP contribution in [0.25, 0.3) is 0 Å². The molecule has 0 aromatic carbocycles. The molecular formula is C12H27BO2. The predicted octanol–water partition coefficient (Wildman–Crippen LogP) is 2.71. The standard InChI is InChI=1S/C12H27BO2/c1-4-7-10-14-12(13,9-6-3)15-11-8-5-2/h4-11,13H2,1-3H3. The van der Waals surface area contributed by atoms with Crippen molar-refractivity contribution in [2.45, 2.75) is 65.0 Å². The molecule has 0 radical (unpaired) electrons. The van der Waals surface area contributed by atoms with Gasteiger partial charge in [-0.15, -0.1) is 0 Å². The van der Waals surface area contributed by atoms with Crippen molar-refractivity contribution in [1.82, 2.24) is 0 Å². The smallest absolute Gasteiger partial charge is 0.178 e. The minimum atomic E-state index is -0.348. The summed E-state index contributed by atoms with van der Waals surface area (Å²) in [5.41, 5.74) is -0.348. The third kappa shape index (κ3) is 7.86. The fourth-order valence-electron chi connectivity index (χ4n) is 1.50. The number of rotatable bonds is 10. The van der Waals surface area contributed by atoms with E-state index in [1.807, 2.05) is 0 Å². The lowest BCUT2D eigenvalue weighted by molar-refractivity contribution is -0.183. The van der Waals surface area contributed by atoms with Crippen molar-refractivity contribution in [2.75, 3.05) is 13.2 Å². The van der Waals surface area contributed by atoms with Crippen LogP contribution in [0.2, 0.25) is 0 Å². The van der Waals surface area contributed by atoms with Crippen LogP contribution in [0.3, 0.4) is 0 Å². The van der Waals surface area contributed by atoms with Gasteiger partial charge in [0.05, 0.1) is 0 Å². The second-order valence-electron chi connectivity index (χ2n) is 4.29. The first-order chi connectivity index (χ1) is 7.18. The molecule has 0 atom stereocenters. The molecule has 0 rings (SSSR count). The van der Waals surface area contributed by atoms with Gasteiger partial charge in [-0.2, -0.15) is 0 Å². The molecule has 0 saturated heterocycles. The molecule has 15 heavy (non-hydrogen) atoms. The molecule has 0 bridgehead atoms. The van der Waals surface area contributed by atoms with Crippen molar-refractivity contribution in [3.05, 3.63) is 0 Å². The van der Waals surface area contributed by atoms with Crippen LogP contribution in [-0.2, 0) is 9.47 Å². The van der Waals surface area contributed by atoms with Crippen molar-refractivity contribution in [3.63, 3.8) is 0 Å². The molecule has 0 aliphatic carbocycles. The van der Waals surface area contributed by atoms with Crippen LogP contribution in [0, 0.1) is 0 Å². The van der Waals surface area contributed by atoms with E-state index in [0.717, 1.165) is 38.9 Å². The summed E-state index contributed by atoms with van der Waals surface area (Å²) in [6.07, 6.45) is 6.69. The molecule has 0 unspecified atom stereocenters. The molecule has 2 nitrogen and oxygen atoms in total. The first-order valence-corrected chi connectivity index (χ1v) is 6.46. The number of hydrogen-bond donors (Lipinski definition) is 0. The van der Waals surface area contributed by atoms with Gasteiger partial charge in [-0.05, 0) is 19.3 Å². The largest absolute Gasteiger partial charge is 0.359 e. The van der Waals surface area contributed by atoms with Gasteiger partial charge in [0.2, 0.25) is 0 Å². The third-order valence-corrected chi connectivity index (χ3v) is 2.51. The summed E-state index contributed by atoms with van der Waals surface area (Å²) in [5, 5.41) is 0. The lowest BCUT2D eigenvalue weighted by atomic mass is 9.89. The molecule has 0 aliphatic heterocycles. The Labute approximate surface area is 96.1 Å². The molecule has 0 heterocycles. The Balaban J connectivity index is 3.83. The Morgan fingerprint density at radius 1 is 0.867 bits per heavy atom. The Bertz CT molecular complexity index is 130. The number of hydrogen-bond acceptors (Lipinski definition) is 2. The van der Waals surface area contributed by atoms with Crippen LogP contribution in [0.5, 0.6) is 0 Å². The Kier molecular flexibility index (Phi) is 9.22. The molecule has 90 valence electrons. The maximum absolute atomic E-state index is 5.83. The van der Waals surface area contributed by atoms with Crippen molar-refractivity contribution in [1.29, 1.82) is 0 Å². The van der Waals surface area contributed by atoms with Gasteiger partial charge in [0.1, 0.15) is 5.69 Å². The van der Waals surface area contributed by atoms with Gasteiger partial charge < -0.3 is 9.47 Å². The maximum Gasteiger partial charge on any atom is 0.178 e. The molecule has 3 heteroatoms. The van der Waals surface area contributed by atoms with Crippen molar-refractivity contribution >= 4 is 7.85 Å². The van der Waals surface area contributed by atoms with E-state index in [4.69, 9.17) is 9.47 Å². The fourth-order valence-corrected chi connectivity index (χ4v) is 1.50. The highest BCUT2D eigenvalue weighted by Crippen LogP contribution is 2.17. The van der Waals surface area contributed by atoms with E-state index in [2.05, 4.69) is 28.6 Å². The number of ether oxygens (including phenoxy) is 2. The van der Waals surface area contributed by atoms with Gasteiger partial charge in [-0.1, -0.05) is 40.0 Å². The summed E-state index contributed by atoms with van der Waals surface area (Å²) in [6.45, 7) is 8.17. The quantitative estimate of drug-likeness (QED) is 0.316. The lowest BCUT2D eigenvalue weighted by Crippen LogP contribution is -2.37. The average molecular weight is 214 g/mol. The van der Waals surface area contributed by atoms with Crippen LogP contribution >= 0.6 is 0 Å². The summed E-state index contributed by atoms with van der Waals surface area (Å²) in [6, 6.07) is 0. The molecule has 0 saturated carbocycles. The van der Waals surface area contributed by atoms with E-state index in [-0.39, 0.29) is 5.69 Å². The summed E-state index contributed by atoms with van der Waals surface area (Å²) in [4.78, 5) is 0. The van der Waals surface area contributed by atoms with Gasteiger partial charge in [-0.25, -0.2) is 0 Å². The molecule has 0 aliphatic rings. The van der Waals surface area contributed by atoms with E-state index in [1.54, 1.807) is 0 Å². The highest BCUT2D eigenvalue weighted by molar-refractivity contribution is 6.13. The SMILES string of the molecule is BC(CCC)(OCCCC)OCCCC. The summed E-state index contributed by atoms with van der Waals surface area (Å²) < 4.78 is 11.7. The highest BCUT2D eigenvalue weighted by Gasteiger charge is 2.23. The molecule has 0 N–H and O–H groups in total. The third-order valence-electron chi connectivity index (χ3n) is 2.51. The molecule has 0 aromatic heterocycles. The van der Waals surface area contributed by atoms with Crippen LogP contribution in [0.15, 0.2) is 0 Å². The second-order valence-corrected chi connectivity index (χ2v) is 4.29. The van der Waals surface area contributed by atoms with Crippen molar-refractivity contribution in [3.8, 4) is 0 Å². The first-order valence-electron chi connectivity index (χ1n) is 6.46. The average Bonchev–Trinajstić information content (AvgIpc) is 2.19. The van der Waals surface area contributed by atoms with Gasteiger partial charge >= 0.3 is 0 Å². The Hall–Kier alpha value is -0.0151. The zero-order valence-electron chi connectivity index (χ0n) is 11.0.